The number of benzene rings is 1. The van der Waals surface area contributed by atoms with E-state index in [1.165, 1.54) is 7.11 Å². The quantitative estimate of drug-likeness (QED) is 0.769. The van der Waals surface area contributed by atoms with Gasteiger partial charge in [0.1, 0.15) is 5.92 Å². The van der Waals surface area contributed by atoms with E-state index in [1.54, 1.807) is 0 Å². The SMILES string of the molecule is C=C([C@@H](Cc1ccccc1)C(=O)OC)n1cccc1. The van der Waals surface area contributed by atoms with Crippen molar-refractivity contribution < 1.29 is 9.53 Å². The number of hydrogen-bond donors (Lipinski definition) is 0. The van der Waals surface area contributed by atoms with Crippen molar-refractivity contribution in [1.82, 2.24) is 4.57 Å². The lowest BCUT2D eigenvalue weighted by atomic mass is 9.96. The third kappa shape index (κ3) is 3.13. The van der Waals surface area contributed by atoms with Crippen LogP contribution >= 0.6 is 0 Å². The van der Waals surface area contributed by atoms with E-state index < -0.39 is 0 Å². The fraction of sp³-hybridized carbons (Fsp3) is 0.188. The Kier molecular flexibility index (Phi) is 4.18. The first-order valence-electron chi connectivity index (χ1n) is 6.16. The van der Waals surface area contributed by atoms with Gasteiger partial charge in [0.25, 0.3) is 0 Å². The Bertz CT molecular complexity index is 543. The van der Waals surface area contributed by atoms with Gasteiger partial charge in [-0.2, -0.15) is 0 Å². The number of nitrogens with zero attached hydrogens (tertiary/aromatic N) is 1. The normalized spacial score (nSPS) is 11.8. The highest BCUT2D eigenvalue weighted by molar-refractivity contribution is 5.83. The van der Waals surface area contributed by atoms with Gasteiger partial charge >= 0.3 is 5.97 Å². The summed E-state index contributed by atoms with van der Waals surface area (Å²) in [6.45, 7) is 4.02. The molecule has 0 fully saturated rings. The van der Waals surface area contributed by atoms with E-state index in [9.17, 15) is 4.79 Å². The van der Waals surface area contributed by atoms with Crippen molar-refractivity contribution in [3.63, 3.8) is 0 Å². The fourth-order valence-electron chi connectivity index (χ4n) is 2.04. The maximum Gasteiger partial charge on any atom is 0.314 e. The monoisotopic (exact) mass is 255 g/mol. The largest absolute Gasteiger partial charge is 0.468 e. The fourth-order valence-corrected chi connectivity index (χ4v) is 2.04. The van der Waals surface area contributed by atoms with Gasteiger partial charge < -0.3 is 9.30 Å². The number of aromatic nitrogens is 1. The minimum Gasteiger partial charge on any atom is -0.468 e. The number of carbonyl (C=O) groups is 1. The first kappa shape index (κ1) is 13.1. The zero-order valence-corrected chi connectivity index (χ0v) is 11.0. The lowest BCUT2D eigenvalue weighted by molar-refractivity contribution is -0.143. The Hall–Kier alpha value is -2.29. The molecule has 1 heterocycles. The van der Waals surface area contributed by atoms with Crippen LogP contribution < -0.4 is 0 Å². The molecule has 0 saturated heterocycles. The first-order chi connectivity index (χ1) is 9.22. The standard InChI is InChI=1S/C16H17NO2/c1-13(17-10-6-7-11-17)15(16(18)19-2)12-14-8-4-3-5-9-14/h3-11,15H,1,12H2,2H3/t15-/m1/s1. The van der Waals surface area contributed by atoms with Gasteiger partial charge in [0, 0.05) is 18.1 Å². The second-order valence-corrected chi connectivity index (χ2v) is 4.35. The maximum atomic E-state index is 12.0. The van der Waals surface area contributed by atoms with E-state index in [-0.39, 0.29) is 11.9 Å². The van der Waals surface area contributed by atoms with Crippen LogP contribution in [-0.4, -0.2) is 17.6 Å². The summed E-state index contributed by atoms with van der Waals surface area (Å²) >= 11 is 0. The summed E-state index contributed by atoms with van der Waals surface area (Å²) in [4.78, 5) is 12.0. The molecule has 0 aliphatic rings. The Labute approximate surface area is 113 Å². The molecule has 0 radical (unpaired) electrons. The van der Waals surface area contributed by atoms with Crippen LogP contribution in [0, 0.1) is 5.92 Å². The first-order valence-corrected chi connectivity index (χ1v) is 6.16. The molecule has 0 saturated carbocycles. The summed E-state index contributed by atoms with van der Waals surface area (Å²) < 4.78 is 6.74. The minimum atomic E-state index is -0.375. The minimum absolute atomic E-state index is 0.262. The molecule has 1 atom stereocenters. The molecule has 0 aliphatic carbocycles. The van der Waals surface area contributed by atoms with Crippen LogP contribution in [-0.2, 0) is 16.0 Å². The predicted octanol–water partition coefficient (Wildman–Crippen LogP) is 2.99. The molecule has 0 N–H and O–H groups in total. The molecule has 2 aromatic rings. The van der Waals surface area contributed by atoms with Gasteiger partial charge in [-0.25, -0.2) is 0 Å². The summed E-state index contributed by atoms with van der Waals surface area (Å²) in [5.41, 5.74) is 1.81. The van der Waals surface area contributed by atoms with Crippen molar-refractivity contribution in [3.05, 3.63) is 67.0 Å². The number of ether oxygens (including phenoxy) is 1. The smallest absolute Gasteiger partial charge is 0.314 e. The molecular formula is C16H17NO2. The van der Waals surface area contributed by atoms with Gasteiger partial charge in [-0.1, -0.05) is 36.9 Å². The summed E-state index contributed by atoms with van der Waals surface area (Å²) in [5, 5.41) is 0. The number of esters is 1. The van der Waals surface area contributed by atoms with Crippen molar-refractivity contribution in [1.29, 1.82) is 0 Å². The molecule has 2 rings (SSSR count). The summed E-state index contributed by atoms with van der Waals surface area (Å²) in [7, 11) is 1.41. The summed E-state index contributed by atoms with van der Waals surface area (Å²) in [6.07, 6.45) is 4.34. The van der Waals surface area contributed by atoms with Crippen LogP contribution in [0.5, 0.6) is 0 Å². The molecule has 0 unspecified atom stereocenters. The molecule has 0 aliphatic heterocycles. The molecule has 3 nitrogen and oxygen atoms in total. The van der Waals surface area contributed by atoms with Crippen molar-refractivity contribution >= 4 is 11.7 Å². The van der Waals surface area contributed by atoms with E-state index in [4.69, 9.17) is 4.74 Å². The number of methoxy groups -OCH3 is 1. The van der Waals surface area contributed by atoms with E-state index in [0.717, 1.165) is 11.3 Å². The van der Waals surface area contributed by atoms with Gasteiger partial charge in [-0.15, -0.1) is 0 Å². The Balaban J connectivity index is 2.22. The third-order valence-electron chi connectivity index (χ3n) is 3.11. The van der Waals surface area contributed by atoms with Gasteiger partial charge in [-0.3, -0.25) is 4.79 Å². The second-order valence-electron chi connectivity index (χ2n) is 4.35. The van der Waals surface area contributed by atoms with E-state index >= 15 is 0 Å². The number of rotatable bonds is 5. The lowest BCUT2D eigenvalue weighted by Gasteiger charge is -2.18. The topological polar surface area (TPSA) is 31.2 Å². The zero-order chi connectivity index (χ0) is 13.7. The number of hydrogen-bond acceptors (Lipinski definition) is 2. The van der Waals surface area contributed by atoms with E-state index in [2.05, 4.69) is 6.58 Å². The molecule has 19 heavy (non-hydrogen) atoms. The van der Waals surface area contributed by atoms with Gasteiger partial charge in [-0.05, 0) is 24.1 Å². The average Bonchev–Trinajstić information content (AvgIpc) is 2.98. The highest BCUT2D eigenvalue weighted by Gasteiger charge is 2.23. The molecule has 0 bridgehead atoms. The van der Waals surface area contributed by atoms with Crippen LogP contribution in [0.3, 0.4) is 0 Å². The molecular weight excluding hydrogens is 238 g/mol. The van der Waals surface area contributed by atoms with E-state index in [0.29, 0.717) is 6.42 Å². The molecule has 0 amide bonds. The lowest BCUT2D eigenvalue weighted by Crippen LogP contribution is -2.22. The van der Waals surface area contributed by atoms with Crippen molar-refractivity contribution in [2.24, 2.45) is 5.92 Å². The Morgan fingerprint density at radius 2 is 1.84 bits per heavy atom. The molecule has 3 heteroatoms. The Morgan fingerprint density at radius 1 is 1.21 bits per heavy atom. The summed E-state index contributed by atoms with van der Waals surface area (Å²) in [5.74, 6) is -0.637. The van der Waals surface area contributed by atoms with Gasteiger partial charge in [0.15, 0.2) is 0 Å². The van der Waals surface area contributed by atoms with Crippen LogP contribution in [0.1, 0.15) is 5.56 Å². The molecule has 1 aromatic heterocycles. The summed E-state index contributed by atoms with van der Waals surface area (Å²) in [6, 6.07) is 13.7. The van der Waals surface area contributed by atoms with E-state index in [1.807, 2.05) is 59.4 Å². The molecule has 1 aromatic carbocycles. The maximum absolute atomic E-state index is 12.0. The molecule has 98 valence electrons. The highest BCUT2D eigenvalue weighted by Crippen LogP contribution is 2.21. The van der Waals surface area contributed by atoms with Gasteiger partial charge in [0.05, 0.1) is 7.11 Å². The number of carbonyl (C=O) groups excluding carboxylic acids is 1. The van der Waals surface area contributed by atoms with Crippen molar-refractivity contribution in [2.75, 3.05) is 7.11 Å². The van der Waals surface area contributed by atoms with Gasteiger partial charge in [0.2, 0.25) is 0 Å². The van der Waals surface area contributed by atoms with Crippen LogP contribution in [0.25, 0.3) is 5.70 Å². The van der Waals surface area contributed by atoms with Crippen molar-refractivity contribution in [2.45, 2.75) is 6.42 Å². The highest BCUT2D eigenvalue weighted by atomic mass is 16.5. The predicted molar refractivity (Wildman–Crippen MR) is 75.4 cm³/mol. The average molecular weight is 255 g/mol. The molecule has 0 spiro atoms. The van der Waals surface area contributed by atoms with Crippen LogP contribution in [0.4, 0.5) is 0 Å². The van der Waals surface area contributed by atoms with Crippen LogP contribution in [0.15, 0.2) is 61.4 Å². The van der Waals surface area contributed by atoms with Crippen molar-refractivity contribution in [3.8, 4) is 0 Å². The third-order valence-corrected chi connectivity index (χ3v) is 3.11. The Morgan fingerprint density at radius 3 is 2.42 bits per heavy atom. The van der Waals surface area contributed by atoms with Crippen LogP contribution in [0.2, 0.25) is 0 Å². The second kappa shape index (κ2) is 6.05. The zero-order valence-electron chi connectivity index (χ0n) is 11.0.